The second kappa shape index (κ2) is 15.3. The van der Waals surface area contributed by atoms with Gasteiger partial charge in [0.2, 0.25) is 5.91 Å². The van der Waals surface area contributed by atoms with E-state index in [0.29, 0.717) is 16.3 Å². The third kappa shape index (κ3) is 7.18. The van der Waals surface area contributed by atoms with Gasteiger partial charge in [0.1, 0.15) is 16.3 Å². The van der Waals surface area contributed by atoms with Crippen molar-refractivity contribution in [3.8, 4) is 6.07 Å². The summed E-state index contributed by atoms with van der Waals surface area (Å²) in [5.41, 5.74) is 5.24. The van der Waals surface area contributed by atoms with Crippen LogP contribution in [0, 0.1) is 11.3 Å². The number of allylic oxidation sites excluding steroid dienone is 2. The van der Waals surface area contributed by atoms with Gasteiger partial charge in [0.15, 0.2) is 0 Å². The van der Waals surface area contributed by atoms with Crippen LogP contribution in [0.2, 0.25) is 0 Å². The molecule has 0 spiro atoms. The molecule has 5 aromatic rings. The molecule has 8 rings (SSSR count). The first kappa shape index (κ1) is 34.1. The molecule has 2 aliphatic heterocycles. The number of carbonyl (C=O) groups is 2. The highest BCUT2D eigenvalue weighted by Gasteiger charge is 2.37. The van der Waals surface area contributed by atoms with E-state index < -0.39 is 5.25 Å². The van der Waals surface area contributed by atoms with E-state index in [9.17, 15) is 14.9 Å². The maximum absolute atomic E-state index is 14.2. The summed E-state index contributed by atoms with van der Waals surface area (Å²) < 4.78 is 0. The number of rotatable bonds is 8. The predicted octanol–water partition coefficient (Wildman–Crippen LogP) is 9.66. The topological polar surface area (TPSA) is 88.5 Å². The lowest BCUT2D eigenvalue weighted by atomic mass is 10.0. The molecular formula is C42H35N5O2S3. The maximum Gasteiger partial charge on any atom is 0.326 e. The Morgan fingerprint density at radius 3 is 2.50 bits per heavy atom. The van der Waals surface area contributed by atoms with Gasteiger partial charge in [0.25, 0.3) is 0 Å². The van der Waals surface area contributed by atoms with Gasteiger partial charge in [-0.15, -0.1) is 34.9 Å². The van der Waals surface area contributed by atoms with Crippen molar-refractivity contribution in [1.29, 1.82) is 5.26 Å². The zero-order chi connectivity index (χ0) is 35.4. The van der Waals surface area contributed by atoms with Gasteiger partial charge in [0.05, 0.1) is 22.5 Å². The van der Waals surface area contributed by atoms with Crippen LogP contribution in [0.25, 0.3) is 0 Å². The molecule has 0 saturated heterocycles. The molecule has 0 saturated carbocycles. The summed E-state index contributed by atoms with van der Waals surface area (Å²) >= 11 is 4.69. The van der Waals surface area contributed by atoms with Crippen LogP contribution in [0.4, 0.5) is 21.2 Å². The number of urea groups is 1. The number of nitrogens with zero attached hydrogens (tertiary/aromatic N) is 3. The van der Waals surface area contributed by atoms with Gasteiger partial charge in [-0.25, -0.2) is 4.79 Å². The lowest BCUT2D eigenvalue weighted by molar-refractivity contribution is -0.115. The molecule has 3 heterocycles. The molecule has 258 valence electrons. The van der Waals surface area contributed by atoms with Gasteiger partial charge in [-0.2, -0.15) is 5.26 Å². The number of hydrogen-bond donors (Lipinski definition) is 2. The number of para-hydroxylation sites is 1. The number of benzene rings is 4. The van der Waals surface area contributed by atoms with Gasteiger partial charge in [-0.3, -0.25) is 14.6 Å². The molecule has 1 aromatic heterocycles. The van der Waals surface area contributed by atoms with Gasteiger partial charge in [-0.05, 0) is 53.4 Å². The number of thiophene rings is 1. The van der Waals surface area contributed by atoms with Crippen molar-refractivity contribution in [3.05, 3.63) is 161 Å². The first-order valence-electron chi connectivity index (χ1n) is 17.2. The molecule has 3 unspecified atom stereocenters. The van der Waals surface area contributed by atoms with E-state index in [-0.39, 0.29) is 23.2 Å². The number of amides is 3. The number of thioether (sulfide) groups is 2. The Balaban J connectivity index is 1.01. The lowest BCUT2D eigenvalue weighted by Gasteiger charge is -2.40. The van der Waals surface area contributed by atoms with Crippen molar-refractivity contribution in [2.24, 2.45) is 0 Å². The van der Waals surface area contributed by atoms with Crippen LogP contribution in [-0.2, 0) is 24.3 Å². The molecule has 1 aliphatic carbocycles. The third-order valence-electron chi connectivity index (χ3n) is 9.37. The minimum Gasteiger partial charge on any atom is -0.315 e. The number of nitriles is 1. The zero-order valence-corrected chi connectivity index (χ0v) is 30.6. The minimum absolute atomic E-state index is 0.109. The van der Waals surface area contributed by atoms with E-state index in [4.69, 9.17) is 0 Å². The highest BCUT2D eigenvalue weighted by Crippen LogP contribution is 2.44. The standard InChI is InChI=1S/C42H35N5O2S3/c43-25-33-32-22-23-46(26-28-12-3-1-4-13-28)27-38(32)52-41(33)45-40(48)39(29-14-5-2-6-15-29)50-31-17-11-16-30(24-31)44-42(49)47-34-18-7-9-20-36(34)51-37-21-10-8-19-35(37)47/h1-21,24,34,36,39H,22-23,26-27H2,(H,44,49)(H,45,48). The van der Waals surface area contributed by atoms with Gasteiger partial charge in [0, 0.05) is 40.0 Å². The van der Waals surface area contributed by atoms with Crippen LogP contribution in [-0.4, -0.2) is 34.7 Å². The average Bonchev–Trinajstić information content (AvgIpc) is 3.52. The van der Waals surface area contributed by atoms with Crippen molar-refractivity contribution in [1.82, 2.24) is 4.90 Å². The number of fused-ring (bicyclic) bond motifs is 3. The first-order valence-corrected chi connectivity index (χ1v) is 19.8. The van der Waals surface area contributed by atoms with Crippen LogP contribution >= 0.6 is 34.9 Å². The Morgan fingerprint density at radius 2 is 1.67 bits per heavy atom. The van der Waals surface area contributed by atoms with Crippen LogP contribution in [0.3, 0.4) is 0 Å². The Bertz CT molecular complexity index is 2210. The molecule has 0 bridgehead atoms. The van der Waals surface area contributed by atoms with E-state index in [0.717, 1.165) is 57.5 Å². The normalized spacial score (nSPS) is 18.0. The molecular weight excluding hydrogens is 703 g/mol. The molecule has 3 atom stereocenters. The summed E-state index contributed by atoms with van der Waals surface area (Å²) in [6, 6.07) is 37.8. The van der Waals surface area contributed by atoms with E-state index >= 15 is 0 Å². The minimum atomic E-state index is -0.599. The second-order valence-corrected chi connectivity index (χ2v) is 16.3. The van der Waals surface area contributed by atoms with E-state index in [2.05, 4.69) is 64.1 Å². The maximum atomic E-state index is 14.2. The van der Waals surface area contributed by atoms with Crippen molar-refractivity contribution in [2.45, 2.75) is 45.8 Å². The molecule has 52 heavy (non-hydrogen) atoms. The molecule has 0 radical (unpaired) electrons. The number of carbonyl (C=O) groups excluding carboxylic acids is 2. The highest BCUT2D eigenvalue weighted by atomic mass is 32.2. The Kier molecular flexibility index (Phi) is 10.0. The Labute approximate surface area is 316 Å². The number of nitrogens with one attached hydrogen (secondary N) is 2. The molecule has 10 heteroatoms. The monoisotopic (exact) mass is 737 g/mol. The SMILES string of the molecule is N#Cc1c(NC(=O)C(Sc2cccc(NC(=O)N3c4ccccc4SC4C=CC=CC43)c2)c2ccccc2)sc2c1CCN(Cc1ccccc1)C2. The molecule has 3 aliphatic rings. The van der Waals surface area contributed by atoms with E-state index in [1.54, 1.807) is 11.8 Å². The van der Waals surface area contributed by atoms with Gasteiger partial charge in [-0.1, -0.05) is 103 Å². The second-order valence-electron chi connectivity index (χ2n) is 12.8. The molecule has 7 nitrogen and oxygen atoms in total. The Morgan fingerprint density at radius 1 is 0.904 bits per heavy atom. The summed E-state index contributed by atoms with van der Waals surface area (Å²) in [5, 5.41) is 16.6. The molecule has 3 amide bonds. The van der Waals surface area contributed by atoms with Crippen LogP contribution in [0.15, 0.2) is 143 Å². The molecule has 4 aromatic carbocycles. The average molecular weight is 738 g/mol. The third-order valence-corrected chi connectivity index (χ3v) is 13.1. The quantitative estimate of drug-likeness (QED) is 0.154. The first-order chi connectivity index (χ1) is 25.5. The number of hydrogen-bond acceptors (Lipinski definition) is 7. The largest absolute Gasteiger partial charge is 0.326 e. The van der Waals surface area contributed by atoms with Crippen molar-refractivity contribution in [3.63, 3.8) is 0 Å². The lowest BCUT2D eigenvalue weighted by Crippen LogP contribution is -2.49. The van der Waals surface area contributed by atoms with Crippen molar-refractivity contribution < 1.29 is 9.59 Å². The van der Waals surface area contributed by atoms with Crippen molar-refractivity contribution in [2.75, 3.05) is 22.1 Å². The predicted molar refractivity (Wildman–Crippen MR) is 213 cm³/mol. The van der Waals surface area contributed by atoms with Crippen LogP contribution in [0.5, 0.6) is 0 Å². The van der Waals surface area contributed by atoms with Gasteiger partial charge < -0.3 is 10.6 Å². The van der Waals surface area contributed by atoms with Crippen LogP contribution in [0.1, 0.15) is 32.4 Å². The Hall–Kier alpha value is -5.05. The van der Waals surface area contributed by atoms with Crippen LogP contribution < -0.4 is 15.5 Å². The molecule has 0 fully saturated rings. The molecule has 2 N–H and O–H groups in total. The fourth-order valence-corrected chi connectivity index (χ4v) is 10.5. The fourth-order valence-electron chi connectivity index (χ4n) is 6.91. The summed E-state index contributed by atoms with van der Waals surface area (Å²) in [4.78, 5) is 35.4. The fraction of sp³-hybridized carbons (Fsp3) is 0.167. The highest BCUT2D eigenvalue weighted by molar-refractivity contribution is 8.00. The van der Waals surface area contributed by atoms with Crippen molar-refractivity contribution >= 4 is 63.2 Å². The van der Waals surface area contributed by atoms with E-state index in [1.807, 2.05) is 95.9 Å². The summed E-state index contributed by atoms with van der Waals surface area (Å²) in [5.74, 6) is -0.201. The summed E-state index contributed by atoms with van der Waals surface area (Å²) in [6.07, 6.45) is 9.01. The summed E-state index contributed by atoms with van der Waals surface area (Å²) in [6.45, 7) is 2.44. The smallest absolute Gasteiger partial charge is 0.315 e. The number of anilines is 3. The summed E-state index contributed by atoms with van der Waals surface area (Å²) in [7, 11) is 0. The van der Waals surface area contributed by atoms with Gasteiger partial charge >= 0.3 is 6.03 Å². The zero-order valence-electron chi connectivity index (χ0n) is 28.1. The van der Waals surface area contributed by atoms with E-state index in [1.165, 1.54) is 28.7 Å².